The molecule has 0 heterocycles. The molecule has 0 saturated carbocycles. The fraction of sp³-hybridized carbons (Fsp3) is 0.182. The summed E-state index contributed by atoms with van der Waals surface area (Å²) in [7, 11) is 0. The van der Waals surface area contributed by atoms with Gasteiger partial charge in [-0.15, -0.1) is 0 Å². The number of amides is 1. The van der Waals surface area contributed by atoms with E-state index in [9.17, 15) is 9.59 Å². The molecule has 3 aromatic carbocycles. The average Bonchev–Trinajstić information content (AvgIpc) is 2.65. The van der Waals surface area contributed by atoms with Crippen LogP contribution in [0.25, 0.3) is 10.8 Å². The molecular formula is C22H21NO3. The zero-order valence-electron chi connectivity index (χ0n) is 14.7. The van der Waals surface area contributed by atoms with E-state index in [4.69, 9.17) is 4.74 Å². The Hall–Kier alpha value is -3.14. The van der Waals surface area contributed by atoms with Gasteiger partial charge in [-0.2, -0.15) is 0 Å². The summed E-state index contributed by atoms with van der Waals surface area (Å²) < 4.78 is 5.20. The van der Waals surface area contributed by atoms with E-state index in [0.717, 1.165) is 27.5 Å². The van der Waals surface area contributed by atoms with Gasteiger partial charge in [-0.05, 0) is 28.8 Å². The quantitative estimate of drug-likeness (QED) is 0.694. The first-order chi connectivity index (χ1) is 12.6. The predicted octanol–water partition coefficient (Wildman–Crippen LogP) is 3.55. The molecule has 26 heavy (non-hydrogen) atoms. The Morgan fingerprint density at radius 1 is 0.962 bits per heavy atom. The lowest BCUT2D eigenvalue weighted by Crippen LogP contribution is -2.31. The summed E-state index contributed by atoms with van der Waals surface area (Å²) in [5, 5.41) is 4.77. The number of carbonyl (C=O) groups is 2. The fourth-order valence-corrected chi connectivity index (χ4v) is 2.87. The summed E-state index contributed by atoms with van der Waals surface area (Å²) in [6.07, 6.45) is 0.229. The van der Waals surface area contributed by atoms with E-state index in [-0.39, 0.29) is 25.5 Å². The zero-order valence-corrected chi connectivity index (χ0v) is 14.7. The van der Waals surface area contributed by atoms with Gasteiger partial charge in [0.1, 0.15) is 13.2 Å². The molecule has 0 unspecified atom stereocenters. The number of benzene rings is 3. The van der Waals surface area contributed by atoms with Gasteiger partial charge in [0.25, 0.3) is 0 Å². The minimum atomic E-state index is -0.447. The highest BCUT2D eigenvalue weighted by Gasteiger charge is 2.09. The SMILES string of the molecule is Cc1cccc(COC(=O)CNC(=O)Cc2cccc3ccccc23)c1. The van der Waals surface area contributed by atoms with Gasteiger partial charge < -0.3 is 10.1 Å². The summed E-state index contributed by atoms with van der Waals surface area (Å²) in [5.41, 5.74) is 2.98. The Labute approximate surface area is 152 Å². The first-order valence-electron chi connectivity index (χ1n) is 8.56. The van der Waals surface area contributed by atoms with E-state index in [1.165, 1.54) is 0 Å². The third-order valence-electron chi connectivity index (χ3n) is 4.14. The van der Waals surface area contributed by atoms with Gasteiger partial charge in [0.15, 0.2) is 0 Å². The number of carbonyl (C=O) groups excluding carboxylic acids is 2. The molecule has 0 aliphatic heterocycles. The molecule has 0 saturated heterocycles. The summed E-state index contributed by atoms with van der Waals surface area (Å²) >= 11 is 0. The molecular weight excluding hydrogens is 326 g/mol. The standard InChI is InChI=1S/C22H21NO3/c1-16-6-4-7-17(12-16)15-26-22(25)14-23-21(24)13-19-10-5-9-18-8-2-3-11-20(18)19/h2-12H,13-15H2,1H3,(H,23,24). The topological polar surface area (TPSA) is 55.4 Å². The van der Waals surface area contributed by atoms with Crippen LogP contribution < -0.4 is 5.32 Å². The van der Waals surface area contributed by atoms with Crippen molar-refractivity contribution >= 4 is 22.6 Å². The second kappa shape index (κ2) is 8.30. The van der Waals surface area contributed by atoms with E-state index >= 15 is 0 Å². The first kappa shape index (κ1) is 17.7. The maximum absolute atomic E-state index is 12.2. The minimum Gasteiger partial charge on any atom is -0.460 e. The highest BCUT2D eigenvalue weighted by atomic mass is 16.5. The van der Waals surface area contributed by atoms with Gasteiger partial charge in [0.2, 0.25) is 5.91 Å². The lowest BCUT2D eigenvalue weighted by Gasteiger charge is -2.09. The van der Waals surface area contributed by atoms with E-state index in [2.05, 4.69) is 5.32 Å². The zero-order chi connectivity index (χ0) is 18.4. The number of esters is 1. The second-order valence-corrected chi connectivity index (χ2v) is 6.24. The Morgan fingerprint density at radius 2 is 1.73 bits per heavy atom. The Kier molecular flexibility index (Phi) is 5.64. The van der Waals surface area contributed by atoms with E-state index < -0.39 is 5.97 Å². The van der Waals surface area contributed by atoms with Crippen molar-refractivity contribution < 1.29 is 14.3 Å². The van der Waals surface area contributed by atoms with Crippen molar-refractivity contribution in [2.45, 2.75) is 20.0 Å². The number of hydrogen-bond acceptors (Lipinski definition) is 3. The normalized spacial score (nSPS) is 10.5. The van der Waals surface area contributed by atoms with Gasteiger partial charge >= 0.3 is 5.97 Å². The molecule has 4 heteroatoms. The van der Waals surface area contributed by atoms with Crippen LogP contribution in [0.15, 0.2) is 66.7 Å². The molecule has 0 fully saturated rings. The molecule has 0 aliphatic carbocycles. The van der Waals surface area contributed by atoms with Crippen molar-refractivity contribution in [3.05, 3.63) is 83.4 Å². The summed E-state index contributed by atoms with van der Waals surface area (Å²) in [5.74, 6) is -0.647. The van der Waals surface area contributed by atoms with E-state index in [1.807, 2.05) is 73.7 Å². The number of fused-ring (bicyclic) bond motifs is 1. The van der Waals surface area contributed by atoms with Crippen molar-refractivity contribution in [1.29, 1.82) is 0 Å². The molecule has 1 N–H and O–H groups in total. The molecule has 4 nitrogen and oxygen atoms in total. The van der Waals surface area contributed by atoms with E-state index in [0.29, 0.717) is 0 Å². The van der Waals surface area contributed by atoms with Crippen LogP contribution >= 0.6 is 0 Å². The van der Waals surface area contributed by atoms with Crippen molar-refractivity contribution in [2.24, 2.45) is 0 Å². The highest BCUT2D eigenvalue weighted by Crippen LogP contribution is 2.18. The third kappa shape index (κ3) is 4.70. The van der Waals surface area contributed by atoms with Gasteiger partial charge in [-0.25, -0.2) is 0 Å². The van der Waals surface area contributed by atoms with Crippen LogP contribution in [0.5, 0.6) is 0 Å². The molecule has 3 aromatic rings. The molecule has 132 valence electrons. The number of hydrogen-bond donors (Lipinski definition) is 1. The van der Waals surface area contributed by atoms with Crippen molar-refractivity contribution in [3.8, 4) is 0 Å². The maximum Gasteiger partial charge on any atom is 0.325 e. The average molecular weight is 347 g/mol. The van der Waals surface area contributed by atoms with Crippen LogP contribution in [0.1, 0.15) is 16.7 Å². The largest absolute Gasteiger partial charge is 0.460 e. The lowest BCUT2D eigenvalue weighted by molar-refractivity contribution is -0.145. The molecule has 0 bridgehead atoms. The summed E-state index contributed by atoms with van der Waals surface area (Å²) in [4.78, 5) is 24.0. The second-order valence-electron chi connectivity index (χ2n) is 6.24. The van der Waals surface area contributed by atoms with Gasteiger partial charge in [0.05, 0.1) is 6.42 Å². The molecule has 0 radical (unpaired) electrons. The molecule has 0 aromatic heterocycles. The first-order valence-corrected chi connectivity index (χ1v) is 8.56. The summed E-state index contributed by atoms with van der Waals surface area (Å²) in [6.45, 7) is 2.06. The van der Waals surface area contributed by atoms with Crippen molar-refractivity contribution in [3.63, 3.8) is 0 Å². The minimum absolute atomic E-state index is 0.130. The maximum atomic E-state index is 12.2. The highest BCUT2D eigenvalue weighted by molar-refractivity contribution is 5.91. The van der Waals surface area contributed by atoms with Crippen LogP contribution in [-0.4, -0.2) is 18.4 Å². The lowest BCUT2D eigenvalue weighted by atomic mass is 10.0. The molecule has 1 amide bonds. The number of aryl methyl sites for hydroxylation is 1. The molecule has 0 aliphatic rings. The number of nitrogens with one attached hydrogen (secondary N) is 1. The van der Waals surface area contributed by atoms with Crippen LogP contribution in [-0.2, 0) is 27.4 Å². The van der Waals surface area contributed by atoms with Crippen LogP contribution in [0.2, 0.25) is 0 Å². The summed E-state index contributed by atoms with van der Waals surface area (Å²) in [6, 6.07) is 21.6. The van der Waals surface area contributed by atoms with Gasteiger partial charge in [-0.3, -0.25) is 9.59 Å². The smallest absolute Gasteiger partial charge is 0.325 e. The van der Waals surface area contributed by atoms with E-state index in [1.54, 1.807) is 0 Å². The number of ether oxygens (including phenoxy) is 1. The van der Waals surface area contributed by atoms with Crippen LogP contribution in [0.3, 0.4) is 0 Å². The van der Waals surface area contributed by atoms with Gasteiger partial charge in [0, 0.05) is 0 Å². The van der Waals surface area contributed by atoms with Crippen LogP contribution in [0, 0.1) is 6.92 Å². The third-order valence-corrected chi connectivity index (χ3v) is 4.14. The monoisotopic (exact) mass is 347 g/mol. The Balaban J connectivity index is 1.50. The molecule has 3 rings (SSSR count). The molecule has 0 atom stereocenters. The Morgan fingerprint density at radius 3 is 2.58 bits per heavy atom. The van der Waals surface area contributed by atoms with Crippen LogP contribution in [0.4, 0.5) is 0 Å². The predicted molar refractivity (Wildman–Crippen MR) is 102 cm³/mol. The Bertz CT molecular complexity index is 928. The fourth-order valence-electron chi connectivity index (χ4n) is 2.87. The van der Waals surface area contributed by atoms with Crippen molar-refractivity contribution in [1.82, 2.24) is 5.32 Å². The van der Waals surface area contributed by atoms with Crippen molar-refractivity contribution in [2.75, 3.05) is 6.54 Å². The molecule has 0 spiro atoms. The van der Waals surface area contributed by atoms with Gasteiger partial charge in [-0.1, -0.05) is 72.3 Å². The number of rotatable bonds is 6.